The van der Waals surface area contributed by atoms with E-state index >= 15 is 0 Å². The molecule has 7 heteroatoms. The van der Waals surface area contributed by atoms with E-state index < -0.39 is 13.5 Å². The molecule has 0 heterocycles. The van der Waals surface area contributed by atoms with Crippen LogP contribution >= 0.6 is 31.9 Å². The maximum atomic E-state index is 12.0. The molecule has 0 saturated carbocycles. The number of hydrogen-bond acceptors (Lipinski definition) is 2. The molecule has 0 unspecified atom stereocenters. The second-order valence-corrected chi connectivity index (χ2v) is 4.00. The van der Waals surface area contributed by atoms with E-state index in [1.54, 1.807) is 0 Å². The summed E-state index contributed by atoms with van der Waals surface area (Å²) in [5, 5.41) is 0. The van der Waals surface area contributed by atoms with Crippen LogP contribution in [0.1, 0.15) is 0 Å². The lowest BCUT2D eigenvalue weighted by Crippen LogP contribution is -2.03. The van der Waals surface area contributed by atoms with Crippen molar-refractivity contribution in [2.75, 3.05) is 6.86 Å². The predicted molar refractivity (Wildman–Crippen MR) is 55.1 cm³/mol. The van der Waals surface area contributed by atoms with Gasteiger partial charge < -0.3 is 9.47 Å². The van der Waals surface area contributed by atoms with E-state index in [1.807, 2.05) is 0 Å². The SMILES string of the molecule is FCOc1cc(Br)c(Br)c(OC(F)F)c1. The fourth-order valence-electron chi connectivity index (χ4n) is 0.868. The molecule has 0 spiro atoms. The first kappa shape index (κ1) is 12.6. The van der Waals surface area contributed by atoms with Gasteiger partial charge in [-0.25, -0.2) is 4.39 Å². The molecular weight excluding hydrogens is 345 g/mol. The van der Waals surface area contributed by atoms with Crippen LogP contribution in [0.4, 0.5) is 13.2 Å². The summed E-state index contributed by atoms with van der Waals surface area (Å²) in [5.74, 6) is -0.0222. The van der Waals surface area contributed by atoms with Crippen molar-refractivity contribution in [3.8, 4) is 11.5 Å². The second-order valence-electron chi connectivity index (χ2n) is 2.35. The standard InChI is InChI=1S/C8H5Br2F3O2/c9-5-1-4(14-3-11)2-6(7(5)10)15-8(12)13/h1-2,8H,3H2. The number of halogens is 5. The maximum Gasteiger partial charge on any atom is 0.387 e. The Morgan fingerprint density at radius 3 is 2.47 bits per heavy atom. The molecule has 0 atom stereocenters. The first-order valence-electron chi connectivity index (χ1n) is 3.67. The molecule has 0 aliphatic heterocycles. The molecule has 84 valence electrons. The van der Waals surface area contributed by atoms with Crippen LogP contribution in [0.2, 0.25) is 0 Å². The highest BCUT2D eigenvalue weighted by atomic mass is 79.9. The number of alkyl halides is 3. The molecule has 0 fully saturated rings. The summed E-state index contributed by atoms with van der Waals surface area (Å²) >= 11 is 6.12. The molecule has 0 aliphatic carbocycles. The van der Waals surface area contributed by atoms with E-state index in [-0.39, 0.29) is 11.5 Å². The van der Waals surface area contributed by atoms with Gasteiger partial charge in [0, 0.05) is 10.5 Å². The number of rotatable bonds is 4. The molecule has 2 nitrogen and oxygen atoms in total. The first-order valence-corrected chi connectivity index (χ1v) is 5.25. The van der Waals surface area contributed by atoms with Gasteiger partial charge in [-0.3, -0.25) is 0 Å². The zero-order valence-corrected chi connectivity index (χ0v) is 10.3. The Morgan fingerprint density at radius 2 is 1.93 bits per heavy atom. The minimum absolute atomic E-state index is 0.100. The molecule has 0 radical (unpaired) electrons. The van der Waals surface area contributed by atoms with Gasteiger partial charge in [-0.05, 0) is 37.9 Å². The van der Waals surface area contributed by atoms with Crippen LogP contribution in [0.25, 0.3) is 0 Å². The highest BCUT2D eigenvalue weighted by Gasteiger charge is 2.13. The summed E-state index contributed by atoms with van der Waals surface area (Å²) in [7, 11) is 0. The minimum Gasteiger partial charge on any atom is -0.463 e. The average molecular weight is 350 g/mol. The predicted octanol–water partition coefficient (Wildman–Crippen LogP) is 4.12. The number of benzene rings is 1. The molecular formula is C8H5Br2F3O2. The Labute approximate surface area is 101 Å². The zero-order chi connectivity index (χ0) is 11.4. The number of hydrogen-bond donors (Lipinski definition) is 0. The summed E-state index contributed by atoms with van der Waals surface area (Å²) in [6, 6.07) is 2.60. The van der Waals surface area contributed by atoms with E-state index in [1.165, 1.54) is 12.1 Å². The summed E-state index contributed by atoms with van der Waals surface area (Å²) in [6.07, 6.45) is 0. The molecule has 1 rings (SSSR count). The van der Waals surface area contributed by atoms with Gasteiger partial charge in [0.2, 0.25) is 6.86 Å². The van der Waals surface area contributed by atoms with Gasteiger partial charge >= 0.3 is 6.61 Å². The Balaban J connectivity index is 3.01. The fourth-order valence-corrected chi connectivity index (χ4v) is 1.61. The molecule has 0 saturated heterocycles. The smallest absolute Gasteiger partial charge is 0.387 e. The van der Waals surface area contributed by atoms with Gasteiger partial charge in [0.25, 0.3) is 0 Å². The lowest BCUT2D eigenvalue weighted by Gasteiger charge is -2.10. The Morgan fingerprint density at radius 1 is 1.27 bits per heavy atom. The van der Waals surface area contributed by atoms with Gasteiger partial charge in [0.15, 0.2) is 0 Å². The molecule has 0 aromatic heterocycles. The Hall–Kier alpha value is -0.430. The van der Waals surface area contributed by atoms with Gasteiger partial charge in [0.1, 0.15) is 11.5 Å². The lowest BCUT2D eigenvalue weighted by atomic mass is 10.3. The van der Waals surface area contributed by atoms with Gasteiger partial charge in [-0.2, -0.15) is 8.78 Å². The van der Waals surface area contributed by atoms with Crippen molar-refractivity contribution in [3.05, 3.63) is 21.1 Å². The summed E-state index contributed by atoms with van der Waals surface area (Å²) in [4.78, 5) is 0. The highest BCUT2D eigenvalue weighted by Crippen LogP contribution is 2.37. The van der Waals surface area contributed by atoms with Gasteiger partial charge in [-0.15, -0.1) is 0 Å². The van der Waals surface area contributed by atoms with Crippen LogP contribution in [-0.4, -0.2) is 13.5 Å². The minimum atomic E-state index is -2.95. The van der Waals surface area contributed by atoms with Crippen LogP contribution in [0.5, 0.6) is 11.5 Å². The third kappa shape index (κ3) is 3.57. The highest BCUT2D eigenvalue weighted by molar-refractivity contribution is 9.13. The van der Waals surface area contributed by atoms with Crippen molar-refractivity contribution >= 4 is 31.9 Å². The molecule has 1 aromatic carbocycles. The number of ether oxygens (including phenoxy) is 2. The summed E-state index contributed by atoms with van der Waals surface area (Å²) in [5.41, 5.74) is 0. The first-order chi connectivity index (χ1) is 7.04. The Bertz CT molecular complexity index is 347. The van der Waals surface area contributed by atoms with Crippen molar-refractivity contribution < 1.29 is 22.6 Å². The molecule has 0 bridgehead atoms. The lowest BCUT2D eigenvalue weighted by molar-refractivity contribution is -0.0505. The summed E-state index contributed by atoms with van der Waals surface area (Å²) < 4.78 is 45.3. The normalized spacial score (nSPS) is 10.5. The summed E-state index contributed by atoms with van der Waals surface area (Å²) in [6.45, 7) is -3.99. The third-order valence-electron chi connectivity index (χ3n) is 1.41. The van der Waals surface area contributed by atoms with Crippen LogP contribution in [0, 0.1) is 0 Å². The Kier molecular flexibility index (Phi) is 4.72. The van der Waals surface area contributed by atoms with E-state index in [4.69, 9.17) is 0 Å². The largest absolute Gasteiger partial charge is 0.463 e. The van der Waals surface area contributed by atoms with E-state index in [2.05, 4.69) is 41.3 Å². The fraction of sp³-hybridized carbons (Fsp3) is 0.250. The van der Waals surface area contributed by atoms with Crippen molar-refractivity contribution in [1.82, 2.24) is 0 Å². The van der Waals surface area contributed by atoms with Crippen molar-refractivity contribution in [2.45, 2.75) is 6.61 Å². The average Bonchev–Trinajstić information content (AvgIpc) is 2.13. The quantitative estimate of drug-likeness (QED) is 0.814. The second kappa shape index (κ2) is 5.60. The monoisotopic (exact) mass is 348 g/mol. The van der Waals surface area contributed by atoms with Crippen molar-refractivity contribution in [3.63, 3.8) is 0 Å². The topological polar surface area (TPSA) is 18.5 Å². The zero-order valence-electron chi connectivity index (χ0n) is 7.15. The molecule has 15 heavy (non-hydrogen) atoms. The maximum absolute atomic E-state index is 12.0. The van der Waals surface area contributed by atoms with Gasteiger partial charge in [-0.1, -0.05) is 0 Å². The van der Waals surface area contributed by atoms with Crippen LogP contribution in [0.3, 0.4) is 0 Å². The molecule has 1 aromatic rings. The van der Waals surface area contributed by atoms with Crippen molar-refractivity contribution in [1.29, 1.82) is 0 Å². The van der Waals surface area contributed by atoms with Crippen LogP contribution in [0.15, 0.2) is 21.1 Å². The third-order valence-corrected chi connectivity index (χ3v) is 3.38. The van der Waals surface area contributed by atoms with Gasteiger partial charge in [0.05, 0.1) is 4.47 Å². The van der Waals surface area contributed by atoms with Crippen LogP contribution < -0.4 is 9.47 Å². The molecule has 0 aliphatic rings. The van der Waals surface area contributed by atoms with E-state index in [0.29, 0.717) is 8.95 Å². The molecule has 0 N–H and O–H groups in total. The van der Waals surface area contributed by atoms with E-state index in [9.17, 15) is 13.2 Å². The van der Waals surface area contributed by atoms with E-state index in [0.717, 1.165) is 0 Å². The van der Waals surface area contributed by atoms with Crippen molar-refractivity contribution in [2.24, 2.45) is 0 Å². The molecule has 0 amide bonds. The van der Waals surface area contributed by atoms with Crippen LogP contribution in [-0.2, 0) is 0 Å².